The minimum Gasteiger partial charge on any atom is -0.416 e. The fraction of sp³-hybridized carbons (Fsp3) is 0.600. The first-order chi connectivity index (χ1) is 12.3. The summed E-state index contributed by atoms with van der Waals surface area (Å²) in [5.41, 5.74) is 0.745. The van der Waals surface area contributed by atoms with Crippen LogP contribution in [0.5, 0.6) is 0 Å². The first-order valence-electron chi connectivity index (χ1n) is 9.39. The summed E-state index contributed by atoms with van der Waals surface area (Å²) in [6.45, 7) is 11.8. The highest BCUT2D eigenvalue weighted by Crippen LogP contribution is 2.38. The van der Waals surface area contributed by atoms with Crippen LogP contribution in [0.1, 0.15) is 33.6 Å². The van der Waals surface area contributed by atoms with Crippen LogP contribution in [-0.4, -0.2) is 35.6 Å². The third kappa shape index (κ3) is 5.58. The van der Waals surface area contributed by atoms with Gasteiger partial charge in [0.05, 0.1) is 18.0 Å². The normalized spacial score (nSPS) is 21.3. The van der Waals surface area contributed by atoms with Crippen LogP contribution in [-0.2, 0) is 14.4 Å². The van der Waals surface area contributed by atoms with Gasteiger partial charge in [0.1, 0.15) is 0 Å². The van der Waals surface area contributed by atoms with Crippen molar-refractivity contribution in [3.63, 3.8) is 0 Å². The van der Waals surface area contributed by atoms with Crippen LogP contribution in [0.25, 0.3) is 0 Å². The van der Waals surface area contributed by atoms with E-state index in [0.29, 0.717) is 6.61 Å². The molecule has 1 aliphatic carbocycles. The zero-order valence-electron chi connectivity index (χ0n) is 17.2. The molecule has 4 nitrogen and oxygen atoms in total. The summed E-state index contributed by atoms with van der Waals surface area (Å²) in [4.78, 5) is 0. The summed E-state index contributed by atoms with van der Waals surface area (Å²) in [7, 11) is -5.31. The molecule has 0 saturated heterocycles. The molecule has 0 radical (unpaired) electrons. The predicted molar refractivity (Wildman–Crippen MR) is 125 cm³/mol. The van der Waals surface area contributed by atoms with Crippen LogP contribution in [0, 0.1) is 9.49 Å². The number of para-hydroxylation sites is 1. The molecule has 27 heavy (non-hydrogen) atoms. The average Bonchev–Trinajstić information content (AvgIpc) is 2.54. The molecule has 0 unspecified atom stereocenters. The smallest absolute Gasteiger partial charge is 0.232 e. The van der Waals surface area contributed by atoms with E-state index in [0.717, 1.165) is 22.1 Å². The average molecular weight is 522 g/mol. The third-order valence-corrected chi connectivity index (χ3v) is 12.3. The highest BCUT2D eigenvalue weighted by molar-refractivity contribution is 14.1. The first kappa shape index (κ1) is 22.9. The van der Waals surface area contributed by atoms with Crippen molar-refractivity contribution < 1.29 is 12.8 Å². The molecule has 0 saturated carbocycles. The number of halogens is 1. The van der Waals surface area contributed by atoms with Gasteiger partial charge in [0.2, 0.25) is 10.0 Å². The summed E-state index contributed by atoms with van der Waals surface area (Å²) in [5.74, 6) is 0.148. The maximum absolute atomic E-state index is 12.7. The fourth-order valence-electron chi connectivity index (χ4n) is 3.05. The maximum atomic E-state index is 12.7. The largest absolute Gasteiger partial charge is 0.416 e. The molecule has 0 fully saturated rings. The molecule has 0 heterocycles. The first-order valence-corrected chi connectivity index (χ1v) is 15.2. The van der Waals surface area contributed by atoms with E-state index < -0.39 is 18.3 Å². The van der Waals surface area contributed by atoms with Gasteiger partial charge in [0, 0.05) is 16.1 Å². The van der Waals surface area contributed by atoms with Crippen LogP contribution in [0.4, 0.5) is 5.69 Å². The zero-order valence-corrected chi connectivity index (χ0v) is 21.2. The quantitative estimate of drug-likeness (QED) is 0.286. The molecule has 0 bridgehead atoms. The molecule has 0 amide bonds. The lowest BCUT2D eigenvalue weighted by molar-refractivity contribution is 0.208. The second-order valence-corrected chi connectivity index (χ2v) is 16.7. The molecule has 2 atom stereocenters. The number of hydrogen-bond donors (Lipinski definition) is 0. The van der Waals surface area contributed by atoms with Gasteiger partial charge in [-0.05, 0) is 65.7 Å². The topological polar surface area (TPSA) is 46.6 Å². The minimum atomic E-state index is -3.42. The molecule has 7 heteroatoms. The number of rotatable bonds is 6. The van der Waals surface area contributed by atoms with Gasteiger partial charge in [0.15, 0.2) is 8.32 Å². The molecule has 0 aromatic heterocycles. The second kappa shape index (κ2) is 8.55. The van der Waals surface area contributed by atoms with E-state index in [1.807, 2.05) is 30.3 Å². The van der Waals surface area contributed by atoms with Crippen LogP contribution in [0.3, 0.4) is 0 Å². The van der Waals surface area contributed by atoms with Crippen LogP contribution in [0.15, 0.2) is 36.4 Å². The lowest BCUT2D eigenvalue weighted by Gasteiger charge is -2.41. The van der Waals surface area contributed by atoms with Crippen LogP contribution < -0.4 is 4.31 Å². The number of sulfonamides is 1. The van der Waals surface area contributed by atoms with E-state index in [-0.39, 0.29) is 17.0 Å². The Hall–Kier alpha value is -0.383. The number of benzene rings is 1. The Morgan fingerprint density at radius 2 is 1.89 bits per heavy atom. The Kier molecular flexibility index (Phi) is 7.25. The molecule has 1 aromatic rings. The molecule has 2 rings (SSSR count). The van der Waals surface area contributed by atoms with Gasteiger partial charge < -0.3 is 4.43 Å². The monoisotopic (exact) mass is 521 g/mol. The summed E-state index contributed by atoms with van der Waals surface area (Å²) >= 11 is 2.21. The van der Waals surface area contributed by atoms with Crippen molar-refractivity contribution in [1.82, 2.24) is 0 Å². The summed E-state index contributed by atoms with van der Waals surface area (Å²) in [6, 6.07) is 7.44. The van der Waals surface area contributed by atoms with E-state index in [4.69, 9.17) is 4.43 Å². The van der Waals surface area contributed by atoms with Gasteiger partial charge in [0.25, 0.3) is 0 Å². The van der Waals surface area contributed by atoms with Crippen molar-refractivity contribution in [2.24, 2.45) is 5.92 Å². The van der Waals surface area contributed by atoms with Gasteiger partial charge in [-0.25, -0.2) is 8.42 Å². The Bertz CT molecular complexity index is 787. The number of anilines is 1. The van der Waals surface area contributed by atoms with Crippen molar-refractivity contribution in [2.75, 3.05) is 17.2 Å². The molecule has 1 aliphatic rings. The lowest BCUT2D eigenvalue weighted by Crippen LogP contribution is -2.48. The van der Waals surface area contributed by atoms with Gasteiger partial charge in [-0.2, -0.15) is 0 Å². The Balaban J connectivity index is 2.35. The SMILES string of the molecule is CC(C)(C)[Si](C)(C)OC[C@@H]1CCC=C[C@H]1N(c1ccccc1I)S(C)(=O)=O. The van der Waals surface area contributed by atoms with Crippen LogP contribution in [0.2, 0.25) is 18.1 Å². The standard InChI is InChI=1S/C20H32INO3SSi/c1-20(2,3)27(5,6)25-15-16-11-7-9-13-18(16)22(26(4,23)24)19-14-10-8-12-17(19)21/h8-10,12-14,16,18H,7,11,15H2,1-6H3/t16-,18+/m0/s1. The van der Waals surface area contributed by atoms with Crippen molar-refractivity contribution in [3.8, 4) is 0 Å². The molecule has 152 valence electrons. The van der Waals surface area contributed by atoms with E-state index in [2.05, 4.69) is 62.5 Å². The fourth-order valence-corrected chi connectivity index (χ4v) is 6.12. The van der Waals surface area contributed by atoms with Gasteiger partial charge in [-0.15, -0.1) is 0 Å². The highest BCUT2D eigenvalue weighted by atomic mass is 127. The molecule has 0 aliphatic heterocycles. The molecule has 1 aromatic carbocycles. The summed E-state index contributed by atoms with van der Waals surface area (Å²) < 4.78 is 34.5. The van der Waals surface area contributed by atoms with Gasteiger partial charge in [-0.3, -0.25) is 4.31 Å². The van der Waals surface area contributed by atoms with E-state index >= 15 is 0 Å². The second-order valence-electron chi connectivity index (χ2n) is 8.84. The third-order valence-electron chi connectivity index (χ3n) is 5.70. The van der Waals surface area contributed by atoms with Crippen molar-refractivity contribution in [1.29, 1.82) is 0 Å². The summed E-state index contributed by atoms with van der Waals surface area (Å²) in [5, 5.41) is 0.137. The van der Waals surface area contributed by atoms with E-state index in [1.54, 1.807) is 4.31 Å². The van der Waals surface area contributed by atoms with E-state index in [1.165, 1.54) is 6.26 Å². The lowest BCUT2D eigenvalue weighted by atomic mass is 9.90. The Morgan fingerprint density at radius 3 is 2.44 bits per heavy atom. The van der Waals surface area contributed by atoms with Crippen LogP contribution >= 0.6 is 22.6 Å². The van der Waals surface area contributed by atoms with Crippen molar-refractivity contribution >= 4 is 46.6 Å². The van der Waals surface area contributed by atoms with E-state index in [9.17, 15) is 8.42 Å². The number of allylic oxidation sites excluding steroid dienone is 1. The Labute approximate surface area is 179 Å². The molecule has 0 spiro atoms. The predicted octanol–water partition coefficient (Wildman–Crippen LogP) is 5.41. The maximum Gasteiger partial charge on any atom is 0.232 e. The number of nitrogens with zero attached hydrogens (tertiary/aromatic N) is 1. The summed E-state index contributed by atoms with van der Waals surface area (Å²) in [6.07, 6.45) is 7.34. The zero-order chi connectivity index (χ0) is 20.5. The highest BCUT2D eigenvalue weighted by Gasteiger charge is 2.40. The van der Waals surface area contributed by atoms with Gasteiger partial charge >= 0.3 is 0 Å². The molecular formula is C20H32INO3SSi. The van der Waals surface area contributed by atoms with Crippen molar-refractivity contribution in [3.05, 3.63) is 40.0 Å². The minimum absolute atomic E-state index is 0.137. The molecular weight excluding hydrogens is 489 g/mol. The van der Waals surface area contributed by atoms with Crippen molar-refractivity contribution in [2.45, 2.75) is 57.8 Å². The molecule has 0 N–H and O–H groups in total. The Morgan fingerprint density at radius 1 is 1.26 bits per heavy atom. The van der Waals surface area contributed by atoms with Gasteiger partial charge in [-0.1, -0.05) is 45.1 Å². The number of hydrogen-bond acceptors (Lipinski definition) is 3.